The first kappa shape index (κ1) is 8.26. The van der Waals surface area contributed by atoms with E-state index in [1.807, 2.05) is 25.1 Å². The zero-order valence-electron chi connectivity index (χ0n) is 7.11. The highest BCUT2D eigenvalue weighted by atomic mass is 35.5. The first-order valence-electron chi connectivity index (χ1n) is 3.90. The highest BCUT2D eigenvalue weighted by molar-refractivity contribution is 6.30. The van der Waals surface area contributed by atoms with Gasteiger partial charge in [0.2, 0.25) is 0 Å². The van der Waals surface area contributed by atoms with Crippen LogP contribution < -0.4 is 0 Å². The van der Waals surface area contributed by atoms with Crippen molar-refractivity contribution in [1.29, 1.82) is 0 Å². The molecule has 0 unspecified atom stereocenters. The number of aromatic nitrogens is 3. The summed E-state index contributed by atoms with van der Waals surface area (Å²) in [5.74, 6) is 0. The maximum absolute atomic E-state index is 5.86. The zero-order valence-corrected chi connectivity index (χ0v) is 7.86. The number of halogens is 1. The Balaban J connectivity index is 2.57. The fraction of sp³-hybridized carbons (Fsp3) is 0.111. The molecule has 0 amide bonds. The minimum Gasteiger partial charge on any atom is -0.157 e. The third kappa shape index (κ3) is 1.55. The Morgan fingerprint density at radius 3 is 2.62 bits per heavy atom. The average molecular weight is 194 g/mol. The van der Waals surface area contributed by atoms with Crippen LogP contribution in [0.1, 0.15) is 5.56 Å². The molecule has 0 aliphatic heterocycles. The van der Waals surface area contributed by atoms with Gasteiger partial charge in [-0.05, 0) is 24.6 Å². The molecule has 66 valence electrons. The van der Waals surface area contributed by atoms with Gasteiger partial charge < -0.3 is 0 Å². The molecule has 0 spiro atoms. The summed E-state index contributed by atoms with van der Waals surface area (Å²) >= 11 is 5.86. The van der Waals surface area contributed by atoms with E-state index in [9.17, 15) is 0 Å². The van der Waals surface area contributed by atoms with Crippen LogP contribution in [0.5, 0.6) is 0 Å². The van der Waals surface area contributed by atoms with Gasteiger partial charge in [0.05, 0.1) is 18.1 Å². The van der Waals surface area contributed by atoms with Gasteiger partial charge in [-0.3, -0.25) is 0 Å². The lowest BCUT2D eigenvalue weighted by Gasteiger charge is -2.03. The Kier molecular flexibility index (Phi) is 2.02. The second kappa shape index (κ2) is 3.18. The van der Waals surface area contributed by atoms with Gasteiger partial charge in [-0.25, -0.2) is 0 Å². The van der Waals surface area contributed by atoms with Crippen molar-refractivity contribution in [3.8, 4) is 5.69 Å². The summed E-state index contributed by atoms with van der Waals surface area (Å²) in [6, 6.07) is 5.64. The highest BCUT2D eigenvalue weighted by Gasteiger charge is 2.02. The first-order chi connectivity index (χ1) is 6.27. The van der Waals surface area contributed by atoms with Crippen LogP contribution >= 0.6 is 11.6 Å². The van der Waals surface area contributed by atoms with Gasteiger partial charge in [-0.1, -0.05) is 17.7 Å². The summed E-state index contributed by atoms with van der Waals surface area (Å²) in [6.45, 7) is 2.00. The van der Waals surface area contributed by atoms with Gasteiger partial charge in [-0.2, -0.15) is 15.0 Å². The molecule has 1 heterocycles. The van der Waals surface area contributed by atoms with E-state index < -0.39 is 0 Å². The zero-order chi connectivity index (χ0) is 9.26. The van der Waals surface area contributed by atoms with E-state index in [0.29, 0.717) is 5.02 Å². The minimum atomic E-state index is 0.693. The molecule has 0 bridgehead atoms. The molecule has 0 aliphatic rings. The maximum Gasteiger partial charge on any atom is 0.0900 e. The Labute approximate surface area is 81.0 Å². The smallest absolute Gasteiger partial charge is 0.0900 e. The molecular formula is C9H8ClN3. The summed E-state index contributed by atoms with van der Waals surface area (Å²) in [4.78, 5) is 1.56. The average Bonchev–Trinajstić information content (AvgIpc) is 2.61. The number of rotatable bonds is 1. The third-order valence-corrected chi connectivity index (χ3v) is 2.04. The largest absolute Gasteiger partial charge is 0.157 e. The molecule has 0 atom stereocenters. The summed E-state index contributed by atoms with van der Waals surface area (Å²) in [5, 5.41) is 8.76. The normalized spacial score (nSPS) is 10.3. The highest BCUT2D eigenvalue weighted by Crippen LogP contribution is 2.17. The molecule has 0 N–H and O–H groups in total. The topological polar surface area (TPSA) is 30.7 Å². The van der Waals surface area contributed by atoms with E-state index >= 15 is 0 Å². The number of aryl methyl sites for hydroxylation is 1. The molecule has 2 rings (SSSR count). The molecule has 2 aromatic rings. The number of hydrogen-bond acceptors (Lipinski definition) is 2. The van der Waals surface area contributed by atoms with Gasteiger partial charge in [0.15, 0.2) is 0 Å². The van der Waals surface area contributed by atoms with E-state index in [4.69, 9.17) is 11.6 Å². The van der Waals surface area contributed by atoms with Gasteiger partial charge in [0, 0.05) is 5.02 Å². The van der Waals surface area contributed by atoms with E-state index in [1.165, 1.54) is 0 Å². The van der Waals surface area contributed by atoms with Crippen LogP contribution in [0.3, 0.4) is 0 Å². The van der Waals surface area contributed by atoms with Crippen molar-refractivity contribution in [2.24, 2.45) is 0 Å². The Morgan fingerprint density at radius 1 is 1.23 bits per heavy atom. The molecule has 0 fully saturated rings. The van der Waals surface area contributed by atoms with E-state index in [2.05, 4.69) is 10.2 Å². The number of nitrogens with zero attached hydrogens (tertiary/aromatic N) is 3. The van der Waals surface area contributed by atoms with Gasteiger partial charge >= 0.3 is 0 Å². The van der Waals surface area contributed by atoms with Crippen LogP contribution in [0.4, 0.5) is 0 Å². The van der Waals surface area contributed by atoms with E-state index in [0.717, 1.165) is 11.3 Å². The summed E-state index contributed by atoms with van der Waals surface area (Å²) in [6.07, 6.45) is 3.28. The van der Waals surface area contributed by atoms with E-state index in [-0.39, 0.29) is 0 Å². The van der Waals surface area contributed by atoms with Gasteiger partial charge in [0.25, 0.3) is 0 Å². The molecule has 13 heavy (non-hydrogen) atoms. The van der Waals surface area contributed by atoms with E-state index in [1.54, 1.807) is 17.2 Å². The van der Waals surface area contributed by atoms with Crippen molar-refractivity contribution in [1.82, 2.24) is 15.0 Å². The standard InChI is InChI=1S/C9H8ClN3/c1-7-2-3-8(10)6-9(7)13-11-4-5-12-13/h2-6H,1H3. The SMILES string of the molecule is Cc1ccc(Cl)cc1-n1nccn1. The predicted molar refractivity (Wildman–Crippen MR) is 51.1 cm³/mol. The maximum atomic E-state index is 5.86. The molecule has 3 nitrogen and oxygen atoms in total. The van der Waals surface area contributed by atoms with Crippen molar-refractivity contribution < 1.29 is 0 Å². The van der Waals surface area contributed by atoms with Crippen LogP contribution in [0.25, 0.3) is 5.69 Å². The predicted octanol–water partition coefficient (Wildman–Crippen LogP) is 2.23. The molecule has 1 aromatic carbocycles. The van der Waals surface area contributed by atoms with Crippen molar-refractivity contribution in [2.45, 2.75) is 6.92 Å². The second-order valence-corrected chi connectivity index (χ2v) is 3.19. The molecule has 0 saturated carbocycles. The fourth-order valence-electron chi connectivity index (χ4n) is 1.14. The Morgan fingerprint density at radius 2 is 1.92 bits per heavy atom. The van der Waals surface area contributed by atoms with Gasteiger partial charge in [0.1, 0.15) is 0 Å². The molecule has 1 aromatic heterocycles. The summed E-state index contributed by atoms with van der Waals surface area (Å²) in [7, 11) is 0. The van der Waals surface area contributed by atoms with Crippen LogP contribution in [0, 0.1) is 6.92 Å². The molecule has 0 radical (unpaired) electrons. The Hall–Kier alpha value is -1.35. The fourth-order valence-corrected chi connectivity index (χ4v) is 1.30. The number of benzene rings is 1. The van der Waals surface area contributed by atoms with Crippen molar-refractivity contribution in [3.05, 3.63) is 41.2 Å². The first-order valence-corrected chi connectivity index (χ1v) is 4.28. The lowest BCUT2D eigenvalue weighted by molar-refractivity contribution is 0.747. The van der Waals surface area contributed by atoms with Crippen LogP contribution in [-0.2, 0) is 0 Å². The molecule has 0 saturated heterocycles. The van der Waals surface area contributed by atoms with Gasteiger partial charge in [-0.15, -0.1) is 0 Å². The monoisotopic (exact) mass is 193 g/mol. The quantitative estimate of drug-likeness (QED) is 0.696. The van der Waals surface area contributed by atoms with Crippen molar-refractivity contribution in [2.75, 3.05) is 0 Å². The summed E-state index contributed by atoms with van der Waals surface area (Å²) in [5.41, 5.74) is 2.01. The lowest BCUT2D eigenvalue weighted by Crippen LogP contribution is -2.00. The van der Waals surface area contributed by atoms with Crippen molar-refractivity contribution in [3.63, 3.8) is 0 Å². The van der Waals surface area contributed by atoms with Crippen LogP contribution in [-0.4, -0.2) is 15.0 Å². The molecule has 4 heteroatoms. The second-order valence-electron chi connectivity index (χ2n) is 2.75. The molecular weight excluding hydrogens is 186 g/mol. The minimum absolute atomic E-state index is 0.693. The van der Waals surface area contributed by atoms with Crippen molar-refractivity contribution >= 4 is 11.6 Å². The van der Waals surface area contributed by atoms with Crippen LogP contribution in [0.15, 0.2) is 30.6 Å². The third-order valence-electron chi connectivity index (χ3n) is 1.81. The summed E-state index contributed by atoms with van der Waals surface area (Å²) < 4.78 is 0. The number of hydrogen-bond donors (Lipinski definition) is 0. The lowest BCUT2D eigenvalue weighted by atomic mass is 10.2. The molecule has 0 aliphatic carbocycles. The Bertz CT molecular complexity index is 409. The van der Waals surface area contributed by atoms with Crippen LogP contribution in [0.2, 0.25) is 5.02 Å².